The first-order valence-corrected chi connectivity index (χ1v) is 9.05. The van der Waals surface area contributed by atoms with Crippen LogP contribution in [0, 0.1) is 0 Å². The van der Waals surface area contributed by atoms with Crippen molar-refractivity contribution in [1.29, 1.82) is 0 Å². The number of ether oxygens (including phenoxy) is 2. The van der Waals surface area contributed by atoms with Crippen LogP contribution in [0.25, 0.3) is 0 Å². The molecule has 1 aromatic heterocycles. The number of carbonyl (C=O) groups excluding carboxylic acids is 2. The van der Waals surface area contributed by atoms with Crippen molar-refractivity contribution in [3.8, 4) is 11.6 Å². The number of pyridine rings is 1. The first-order valence-electron chi connectivity index (χ1n) is 8.68. The maximum atomic E-state index is 12.8. The predicted molar refractivity (Wildman–Crippen MR) is 101 cm³/mol. The summed E-state index contributed by atoms with van der Waals surface area (Å²) in [4.78, 5) is 30.9. The number of hydrogen-bond donors (Lipinski definition) is 0. The van der Waals surface area contributed by atoms with E-state index in [-0.39, 0.29) is 35.2 Å². The molecule has 1 fully saturated rings. The van der Waals surface area contributed by atoms with E-state index in [0.29, 0.717) is 24.9 Å². The SMILES string of the molecule is COc1ccc(CN2C(=O)CCC2CC(=O)c2ccc(Cl)nc2OC)cc1. The highest BCUT2D eigenvalue weighted by atomic mass is 35.5. The van der Waals surface area contributed by atoms with E-state index in [9.17, 15) is 9.59 Å². The number of benzene rings is 1. The van der Waals surface area contributed by atoms with Gasteiger partial charge in [-0.3, -0.25) is 9.59 Å². The van der Waals surface area contributed by atoms with Crippen LogP contribution in [-0.2, 0) is 11.3 Å². The smallest absolute Gasteiger partial charge is 0.225 e. The lowest BCUT2D eigenvalue weighted by atomic mass is 10.0. The average Bonchev–Trinajstić information content (AvgIpc) is 3.01. The molecule has 27 heavy (non-hydrogen) atoms. The van der Waals surface area contributed by atoms with Crippen LogP contribution in [0.2, 0.25) is 5.15 Å². The number of methoxy groups -OCH3 is 2. The number of hydrogen-bond acceptors (Lipinski definition) is 5. The number of halogens is 1. The van der Waals surface area contributed by atoms with Crippen molar-refractivity contribution in [2.75, 3.05) is 14.2 Å². The van der Waals surface area contributed by atoms with Gasteiger partial charge in [0.2, 0.25) is 11.8 Å². The van der Waals surface area contributed by atoms with E-state index in [1.165, 1.54) is 7.11 Å². The number of likely N-dealkylation sites (tertiary alicyclic amines) is 1. The van der Waals surface area contributed by atoms with E-state index < -0.39 is 0 Å². The van der Waals surface area contributed by atoms with Crippen LogP contribution in [0.4, 0.5) is 0 Å². The highest BCUT2D eigenvalue weighted by molar-refractivity contribution is 6.29. The quantitative estimate of drug-likeness (QED) is 0.536. The van der Waals surface area contributed by atoms with Crippen molar-refractivity contribution in [2.45, 2.75) is 31.8 Å². The Labute approximate surface area is 163 Å². The molecule has 1 atom stereocenters. The molecule has 0 radical (unpaired) electrons. The second-order valence-corrected chi connectivity index (χ2v) is 6.77. The molecular formula is C20H21ClN2O4. The van der Waals surface area contributed by atoms with Crippen LogP contribution < -0.4 is 9.47 Å². The summed E-state index contributed by atoms with van der Waals surface area (Å²) in [5.74, 6) is 0.916. The van der Waals surface area contributed by atoms with Gasteiger partial charge in [0.1, 0.15) is 10.9 Å². The van der Waals surface area contributed by atoms with Gasteiger partial charge < -0.3 is 14.4 Å². The van der Waals surface area contributed by atoms with Gasteiger partial charge in [0.15, 0.2) is 5.78 Å². The van der Waals surface area contributed by atoms with Crippen LogP contribution in [0.5, 0.6) is 11.6 Å². The maximum absolute atomic E-state index is 12.8. The largest absolute Gasteiger partial charge is 0.497 e. The Bertz CT molecular complexity index is 838. The molecule has 1 aromatic carbocycles. The third-order valence-electron chi connectivity index (χ3n) is 4.71. The second-order valence-electron chi connectivity index (χ2n) is 6.38. The predicted octanol–water partition coefficient (Wildman–Crippen LogP) is 3.52. The average molecular weight is 389 g/mol. The van der Waals surface area contributed by atoms with E-state index >= 15 is 0 Å². The summed E-state index contributed by atoms with van der Waals surface area (Å²) in [6, 6.07) is 10.6. The fourth-order valence-corrected chi connectivity index (χ4v) is 3.40. The summed E-state index contributed by atoms with van der Waals surface area (Å²) >= 11 is 5.86. The molecule has 1 unspecified atom stereocenters. The molecule has 2 heterocycles. The minimum absolute atomic E-state index is 0.0600. The summed E-state index contributed by atoms with van der Waals surface area (Å²) in [6.45, 7) is 0.469. The Hall–Kier alpha value is -2.60. The third kappa shape index (κ3) is 4.39. The molecule has 0 spiro atoms. The fourth-order valence-electron chi connectivity index (χ4n) is 3.26. The summed E-state index contributed by atoms with van der Waals surface area (Å²) in [5, 5.41) is 0.264. The Morgan fingerprint density at radius 1 is 1.19 bits per heavy atom. The standard InChI is InChI=1S/C20H21ClN2O4/c1-26-15-6-3-13(4-7-15)12-23-14(5-10-19(23)25)11-17(24)16-8-9-18(21)22-20(16)27-2/h3-4,6-9,14H,5,10-12H2,1-2H3. The van der Waals surface area contributed by atoms with Crippen molar-refractivity contribution in [1.82, 2.24) is 9.88 Å². The van der Waals surface area contributed by atoms with Gasteiger partial charge in [-0.2, -0.15) is 0 Å². The van der Waals surface area contributed by atoms with E-state index in [4.69, 9.17) is 21.1 Å². The van der Waals surface area contributed by atoms with Crippen LogP contribution in [0.3, 0.4) is 0 Å². The molecule has 2 aromatic rings. The van der Waals surface area contributed by atoms with Crippen LogP contribution in [-0.4, -0.2) is 41.8 Å². The number of Topliss-reactive ketones (excluding diaryl/α,β-unsaturated/α-hetero) is 1. The molecule has 1 saturated heterocycles. The first-order chi connectivity index (χ1) is 13.0. The summed E-state index contributed by atoms with van der Waals surface area (Å²) in [5.41, 5.74) is 1.37. The van der Waals surface area contributed by atoms with Crippen LogP contribution >= 0.6 is 11.6 Å². The number of ketones is 1. The van der Waals surface area contributed by atoms with Gasteiger partial charge in [-0.15, -0.1) is 0 Å². The topological polar surface area (TPSA) is 68.7 Å². The third-order valence-corrected chi connectivity index (χ3v) is 4.92. The van der Waals surface area contributed by atoms with Crippen molar-refractivity contribution in [2.24, 2.45) is 0 Å². The fraction of sp³-hybridized carbons (Fsp3) is 0.350. The number of rotatable bonds is 7. The summed E-state index contributed by atoms with van der Waals surface area (Å²) in [7, 11) is 3.06. The van der Waals surface area contributed by atoms with Crippen molar-refractivity contribution in [3.05, 3.63) is 52.7 Å². The monoisotopic (exact) mass is 388 g/mol. The molecular weight excluding hydrogens is 368 g/mol. The maximum Gasteiger partial charge on any atom is 0.225 e. The molecule has 6 nitrogen and oxygen atoms in total. The highest BCUT2D eigenvalue weighted by Gasteiger charge is 2.33. The van der Waals surface area contributed by atoms with Crippen LogP contribution in [0.1, 0.15) is 35.2 Å². The van der Waals surface area contributed by atoms with E-state index in [0.717, 1.165) is 11.3 Å². The Kier molecular flexibility index (Phi) is 5.96. The van der Waals surface area contributed by atoms with Gasteiger partial charge in [-0.25, -0.2) is 4.98 Å². The minimum atomic E-state index is -0.146. The lowest BCUT2D eigenvalue weighted by Crippen LogP contribution is -2.34. The number of nitrogens with zero attached hydrogens (tertiary/aromatic N) is 2. The first kappa shape index (κ1) is 19.2. The molecule has 1 aliphatic rings. The van der Waals surface area contributed by atoms with Crippen molar-refractivity contribution in [3.63, 3.8) is 0 Å². The molecule has 0 N–H and O–H groups in total. The number of amides is 1. The molecule has 0 bridgehead atoms. The Morgan fingerprint density at radius 2 is 1.93 bits per heavy atom. The number of aromatic nitrogens is 1. The van der Waals surface area contributed by atoms with Crippen LogP contribution in [0.15, 0.2) is 36.4 Å². The molecule has 0 aliphatic carbocycles. The minimum Gasteiger partial charge on any atom is -0.497 e. The van der Waals surface area contributed by atoms with Gasteiger partial charge in [-0.1, -0.05) is 23.7 Å². The summed E-state index contributed by atoms with van der Waals surface area (Å²) in [6.07, 6.45) is 1.33. The molecule has 1 aliphatic heterocycles. The molecule has 142 valence electrons. The molecule has 0 saturated carbocycles. The van der Waals surface area contributed by atoms with E-state index in [1.807, 2.05) is 24.3 Å². The Balaban J connectivity index is 1.73. The van der Waals surface area contributed by atoms with Crippen molar-refractivity contribution >= 4 is 23.3 Å². The highest BCUT2D eigenvalue weighted by Crippen LogP contribution is 2.28. The molecule has 7 heteroatoms. The summed E-state index contributed by atoms with van der Waals surface area (Å²) < 4.78 is 10.3. The Morgan fingerprint density at radius 3 is 2.59 bits per heavy atom. The lowest BCUT2D eigenvalue weighted by Gasteiger charge is -2.24. The zero-order chi connectivity index (χ0) is 19.4. The van der Waals surface area contributed by atoms with Gasteiger partial charge in [-0.05, 0) is 36.2 Å². The zero-order valence-electron chi connectivity index (χ0n) is 15.3. The number of carbonyl (C=O) groups is 2. The molecule has 3 rings (SSSR count). The van der Waals surface area contributed by atoms with Gasteiger partial charge in [0.25, 0.3) is 0 Å². The van der Waals surface area contributed by atoms with Gasteiger partial charge in [0, 0.05) is 25.4 Å². The van der Waals surface area contributed by atoms with Crippen molar-refractivity contribution < 1.29 is 19.1 Å². The molecule has 1 amide bonds. The lowest BCUT2D eigenvalue weighted by molar-refractivity contribution is -0.129. The second kappa shape index (κ2) is 8.39. The van der Waals surface area contributed by atoms with E-state index in [2.05, 4.69) is 4.98 Å². The van der Waals surface area contributed by atoms with Gasteiger partial charge in [0.05, 0.1) is 19.8 Å². The van der Waals surface area contributed by atoms with Gasteiger partial charge >= 0.3 is 0 Å². The normalized spacial score (nSPS) is 16.5. The zero-order valence-corrected chi connectivity index (χ0v) is 16.0. The van der Waals surface area contributed by atoms with E-state index in [1.54, 1.807) is 24.1 Å².